The highest BCUT2D eigenvalue weighted by Gasteiger charge is 2.26. The Balaban J connectivity index is 1.78. The van der Waals surface area contributed by atoms with Gasteiger partial charge in [-0.1, -0.05) is 0 Å². The maximum Gasteiger partial charge on any atom is 0.317 e. The second-order valence-corrected chi connectivity index (χ2v) is 6.16. The lowest BCUT2D eigenvalue weighted by molar-refractivity contribution is -0.137. The fraction of sp³-hybridized carbons (Fsp3) is 0.643. The van der Waals surface area contributed by atoms with E-state index in [9.17, 15) is 9.59 Å². The zero-order chi connectivity index (χ0) is 15.1. The molecule has 21 heavy (non-hydrogen) atoms. The van der Waals surface area contributed by atoms with Gasteiger partial charge in [0.05, 0.1) is 5.01 Å². The predicted molar refractivity (Wildman–Crippen MR) is 80.4 cm³/mol. The van der Waals surface area contributed by atoms with Crippen LogP contribution in [0.15, 0.2) is 11.6 Å². The average molecular weight is 311 g/mol. The summed E-state index contributed by atoms with van der Waals surface area (Å²) in [6, 6.07) is -0.0312. The summed E-state index contributed by atoms with van der Waals surface area (Å²) in [5.74, 6) is -0.801. The van der Waals surface area contributed by atoms with Gasteiger partial charge in [0, 0.05) is 43.5 Å². The topological polar surface area (TPSA) is 82.5 Å². The summed E-state index contributed by atoms with van der Waals surface area (Å²) in [7, 11) is 0. The van der Waals surface area contributed by atoms with Crippen LogP contribution in [0.2, 0.25) is 0 Å². The van der Waals surface area contributed by atoms with Crippen molar-refractivity contribution in [2.24, 2.45) is 0 Å². The molecule has 1 fully saturated rings. The Morgan fingerprint density at radius 1 is 1.48 bits per heavy atom. The molecule has 2 heterocycles. The van der Waals surface area contributed by atoms with Gasteiger partial charge in [-0.25, -0.2) is 9.78 Å². The molecule has 116 valence electrons. The smallest absolute Gasteiger partial charge is 0.317 e. The lowest BCUT2D eigenvalue weighted by atomic mass is 9.98. The number of carboxylic acids is 1. The highest BCUT2D eigenvalue weighted by atomic mass is 32.1. The molecule has 1 aromatic rings. The Bertz CT molecular complexity index is 464. The first-order chi connectivity index (χ1) is 10.2. The number of aromatic nitrogens is 1. The average Bonchev–Trinajstić information content (AvgIpc) is 2.98. The Morgan fingerprint density at radius 2 is 2.33 bits per heavy atom. The number of hydrogen-bond donors (Lipinski definition) is 2. The molecule has 1 unspecified atom stereocenters. The van der Waals surface area contributed by atoms with E-state index in [1.54, 1.807) is 22.4 Å². The molecule has 1 atom stereocenters. The van der Waals surface area contributed by atoms with Crippen LogP contribution >= 0.6 is 11.3 Å². The zero-order valence-corrected chi connectivity index (χ0v) is 12.8. The Morgan fingerprint density at radius 3 is 3.05 bits per heavy atom. The highest BCUT2D eigenvalue weighted by Crippen LogP contribution is 2.21. The quantitative estimate of drug-likeness (QED) is 0.843. The van der Waals surface area contributed by atoms with Crippen LogP contribution < -0.4 is 5.32 Å². The van der Waals surface area contributed by atoms with Crippen molar-refractivity contribution in [3.63, 3.8) is 0 Å². The minimum Gasteiger partial charge on any atom is -0.481 e. The van der Waals surface area contributed by atoms with E-state index in [2.05, 4.69) is 10.3 Å². The molecule has 1 aromatic heterocycles. The van der Waals surface area contributed by atoms with E-state index in [0.29, 0.717) is 19.5 Å². The minimum absolute atomic E-state index is 0.0507. The van der Waals surface area contributed by atoms with Crippen LogP contribution in [0.1, 0.15) is 37.1 Å². The third-order valence-corrected chi connectivity index (χ3v) is 4.52. The molecule has 7 heteroatoms. The third kappa shape index (κ3) is 5.00. The number of amides is 2. The summed E-state index contributed by atoms with van der Waals surface area (Å²) in [5.41, 5.74) is 0. The maximum atomic E-state index is 12.2. The van der Waals surface area contributed by atoms with Crippen molar-refractivity contribution in [1.82, 2.24) is 15.2 Å². The molecule has 1 aliphatic heterocycles. The van der Waals surface area contributed by atoms with Crippen molar-refractivity contribution in [3.05, 3.63) is 16.6 Å². The van der Waals surface area contributed by atoms with Gasteiger partial charge in [0.15, 0.2) is 0 Å². The van der Waals surface area contributed by atoms with Gasteiger partial charge in [-0.05, 0) is 25.7 Å². The van der Waals surface area contributed by atoms with Gasteiger partial charge in [0.2, 0.25) is 0 Å². The summed E-state index contributed by atoms with van der Waals surface area (Å²) >= 11 is 1.58. The fourth-order valence-electron chi connectivity index (χ4n) is 2.61. The molecule has 0 radical (unpaired) electrons. The molecular weight excluding hydrogens is 290 g/mol. The van der Waals surface area contributed by atoms with Crippen molar-refractivity contribution in [2.45, 2.75) is 44.6 Å². The molecule has 1 saturated heterocycles. The number of aliphatic carboxylic acids is 1. The molecule has 0 aliphatic carbocycles. The Hall–Kier alpha value is -1.63. The standard InChI is InChI=1S/C14H21N3O3S/c18-13(19)5-4-11-3-1-2-9-17(11)14(20)16-7-6-12-15-8-10-21-12/h8,10-11H,1-7,9H2,(H,16,20)(H,18,19). The summed E-state index contributed by atoms with van der Waals surface area (Å²) in [5, 5.41) is 14.6. The minimum atomic E-state index is -0.801. The van der Waals surface area contributed by atoms with E-state index >= 15 is 0 Å². The number of likely N-dealkylation sites (tertiary alicyclic amines) is 1. The van der Waals surface area contributed by atoms with Gasteiger partial charge in [0.1, 0.15) is 0 Å². The normalized spacial score (nSPS) is 18.5. The molecule has 0 bridgehead atoms. The van der Waals surface area contributed by atoms with Crippen LogP contribution in [0.5, 0.6) is 0 Å². The van der Waals surface area contributed by atoms with Crippen LogP contribution in [0.3, 0.4) is 0 Å². The number of thiazole rings is 1. The van der Waals surface area contributed by atoms with E-state index < -0.39 is 5.97 Å². The number of carboxylic acid groups (broad SMARTS) is 1. The summed E-state index contributed by atoms with van der Waals surface area (Å²) in [4.78, 5) is 28.9. The lowest BCUT2D eigenvalue weighted by Gasteiger charge is -2.35. The lowest BCUT2D eigenvalue weighted by Crippen LogP contribution is -2.49. The van der Waals surface area contributed by atoms with Crippen molar-refractivity contribution >= 4 is 23.3 Å². The number of piperidine rings is 1. The molecule has 1 aliphatic rings. The zero-order valence-electron chi connectivity index (χ0n) is 12.0. The molecule has 0 spiro atoms. The van der Waals surface area contributed by atoms with Crippen LogP contribution in [0, 0.1) is 0 Å². The second-order valence-electron chi connectivity index (χ2n) is 5.18. The largest absolute Gasteiger partial charge is 0.481 e. The van der Waals surface area contributed by atoms with E-state index in [4.69, 9.17) is 5.11 Å². The Labute approximate surface area is 128 Å². The van der Waals surface area contributed by atoms with Gasteiger partial charge in [-0.2, -0.15) is 0 Å². The summed E-state index contributed by atoms with van der Waals surface area (Å²) < 4.78 is 0. The first-order valence-corrected chi connectivity index (χ1v) is 8.19. The molecule has 6 nitrogen and oxygen atoms in total. The number of carbonyl (C=O) groups is 2. The fourth-order valence-corrected chi connectivity index (χ4v) is 3.23. The van der Waals surface area contributed by atoms with Gasteiger partial charge >= 0.3 is 12.0 Å². The summed E-state index contributed by atoms with van der Waals surface area (Å²) in [6.45, 7) is 1.28. The van der Waals surface area contributed by atoms with Crippen molar-refractivity contribution in [2.75, 3.05) is 13.1 Å². The van der Waals surface area contributed by atoms with Crippen LogP contribution in [0.25, 0.3) is 0 Å². The molecular formula is C14H21N3O3S. The number of carbonyl (C=O) groups excluding carboxylic acids is 1. The van der Waals surface area contributed by atoms with Gasteiger partial charge in [0.25, 0.3) is 0 Å². The molecule has 0 aromatic carbocycles. The van der Waals surface area contributed by atoms with Crippen LogP contribution in [-0.4, -0.2) is 46.1 Å². The predicted octanol–water partition coefficient (Wildman–Crippen LogP) is 2.11. The molecule has 2 amide bonds. The first-order valence-electron chi connectivity index (χ1n) is 7.31. The van der Waals surface area contributed by atoms with Crippen LogP contribution in [-0.2, 0) is 11.2 Å². The van der Waals surface area contributed by atoms with E-state index in [-0.39, 0.29) is 18.5 Å². The number of urea groups is 1. The van der Waals surface area contributed by atoms with Gasteiger partial charge in [-0.3, -0.25) is 4.79 Å². The maximum absolute atomic E-state index is 12.2. The van der Waals surface area contributed by atoms with Crippen molar-refractivity contribution in [1.29, 1.82) is 0 Å². The van der Waals surface area contributed by atoms with Gasteiger partial charge in [-0.15, -0.1) is 11.3 Å². The third-order valence-electron chi connectivity index (χ3n) is 3.68. The second kappa shape index (κ2) is 7.97. The summed E-state index contributed by atoms with van der Waals surface area (Å²) in [6.07, 6.45) is 6.10. The van der Waals surface area contributed by atoms with Gasteiger partial charge < -0.3 is 15.3 Å². The highest BCUT2D eigenvalue weighted by molar-refractivity contribution is 7.09. The number of nitrogens with one attached hydrogen (secondary N) is 1. The van der Waals surface area contributed by atoms with Crippen molar-refractivity contribution in [3.8, 4) is 0 Å². The van der Waals surface area contributed by atoms with E-state index in [1.165, 1.54) is 0 Å². The number of rotatable bonds is 6. The molecule has 2 rings (SSSR count). The number of nitrogens with zero attached hydrogens (tertiary/aromatic N) is 2. The first kappa shape index (κ1) is 15.8. The molecule has 2 N–H and O–H groups in total. The Kier molecular flexibility index (Phi) is 5.98. The van der Waals surface area contributed by atoms with Crippen molar-refractivity contribution < 1.29 is 14.7 Å². The van der Waals surface area contributed by atoms with E-state index in [0.717, 1.165) is 30.7 Å². The van der Waals surface area contributed by atoms with E-state index in [1.807, 2.05) is 5.38 Å². The van der Waals surface area contributed by atoms with Crippen LogP contribution in [0.4, 0.5) is 4.79 Å². The monoisotopic (exact) mass is 311 g/mol. The number of hydrogen-bond acceptors (Lipinski definition) is 4. The SMILES string of the molecule is O=C(O)CCC1CCCCN1C(=O)NCCc1nccs1. The molecule has 0 saturated carbocycles.